The van der Waals surface area contributed by atoms with Crippen LogP contribution in [0.2, 0.25) is 0 Å². The van der Waals surface area contributed by atoms with Gasteiger partial charge < -0.3 is 30.9 Å². The molecular weight excluding hydrogens is 607 g/mol. The third kappa shape index (κ3) is 15.5. The minimum absolute atomic E-state index is 0.00421. The molecule has 3 amide bonds. The van der Waals surface area contributed by atoms with Crippen molar-refractivity contribution in [1.29, 1.82) is 0 Å². The van der Waals surface area contributed by atoms with E-state index in [1.807, 2.05) is 38.1 Å². The second kappa shape index (κ2) is 23.1. The van der Waals surface area contributed by atoms with Gasteiger partial charge >= 0.3 is 0 Å². The van der Waals surface area contributed by atoms with Gasteiger partial charge in [-0.1, -0.05) is 46.2 Å². The fourth-order valence-electron chi connectivity index (χ4n) is 4.04. The van der Waals surface area contributed by atoms with Crippen LogP contribution in [0.3, 0.4) is 0 Å². The van der Waals surface area contributed by atoms with Gasteiger partial charge in [0.1, 0.15) is 5.82 Å². The van der Waals surface area contributed by atoms with Crippen LogP contribution in [0.4, 0.5) is 18.9 Å². The molecule has 2 aromatic carbocycles. The number of halogens is 3. The smallest absolute Gasteiger partial charge is 0.242 e. The molecule has 4 N–H and O–H groups in total. The third-order valence-corrected chi connectivity index (χ3v) is 7.23. The average Bonchev–Trinajstić information content (AvgIpc) is 3.60. The van der Waals surface area contributed by atoms with Gasteiger partial charge in [0.25, 0.3) is 0 Å². The molecule has 252 valence electrons. The first-order valence-electron chi connectivity index (χ1n) is 15.3. The minimum Gasteiger partial charge on any atom is -0.378 e. The summed E-state index contributed by atoms with van der Waals surface area (Å²) < 4.78 is 44.5. The Hall–Kier alpha value is -3.29. The van der Waals surface area contributed by atoms with Crippen LogP contribution in [0.5, 0.6) is 0 Å². The predicted octanol–water partition coefficient (Wildman–Crippen LogP) is 4.54. The molecule has 0 bridgehead atoms. The Morgan fingerprint density at radius 1 is 0.978 bits per heavy atom. The lowest BCUT2D eigenvalue weighted by molar-refractivity contribution is -0.133. The molecule has 1 atom stereocenters. The molecule has 2 fully saturated rings. The van der Waals surface area contributed by atoms with Gasteiger partial charge in [-0.3, -0.25) is 14.4 Å². The second-order valence-corrected chi connectivity index (χ2v) is 11.0. The van der Waals surface area contributed by atoms with Crippen molar-refractivity contribution in [3.8, 4) is 0 Å². The van der Waals surface area contributed by atoms with Crippen molar-refractivity contribution >= 4 is 35.7 Å². The summed E-state index contributed by atoms with van der Waals surface area (Å²) in [6.07, 6.45) is 1.99. The molecule has 0 spiro atoms. The van der Waals surface area contributed by atoms with Gasteiger partial charge in [-0.2, -0.15) is 0 Å². The Morgan fingerprint density at radius 2 is 1.60 bits per heavy atom. The monoisotopic (exact) mass is 655 g/mol. The van der Waals surface area contributed by atoms with Crippen LogP contribution in [0.25, 0.3) is 0 Å². The zero-order valence-electron chi connectivity index (χ0n) is 26.8. The summed E-state index contributed by atoms with van der Waals surface area (Å²) in [5.74, 6) is -1.65. The number of carbonyl (C=O) groups excluding carboxylic acids is 3. The fraction of sp³-hybridized carbons (Fsp3) is 0.531. The Kier molecular flexibility index (Phi) is 20.4. The average molecular weight is 656 g/mol. The van der Waals surface area contributed by atoms with Crippen LogP contribution >= 0.6 is 11.8 Å². The van der Waals surface area contributed by atoms with E-state index in [4.69, 9.17) is 10.5 Å². The molecule has 0 aliphatic carbocycles. The third-order valence-electron chi connectivity index (χ3n) is 6.26. The zero-order valence-corrected chi connectivity index (χ0v) is 27.6. The highest BCUT2D eigenvalue weighted by molar-refractivity contribution is 7.99. The molecular formula is C32H48F3N5O4S. The predicted molar refractivity (Wildman–Crippen MR) is 174 cm³/mol. The number of carbonyl (C=O) groups is 3. The Bertz CT molecular complexity index is 1150. The fourth-order valence-corrected chi connectivity index (χ4v) is 5.01. The topological polar surface area (TPSA) is 117 Å². The van der Waals surface area contributed by atoms with E-state index in [1.165, 1.54) is 6.42 Å². The lowest BCUT2D eigenvalue weighted by Crippen LogP contribution is -2.43. The molecule has 0 radical (unpaired) electrons. The molecule has 2 aromatic rings. The van der Waals surface area contributed by atoms with Gasteiger partial charge in [-0.15, -0.1) is 11.8 Å². The minimum atomic E-state index is -1.23. The highest BCUT2D eigenvalue weighted by atomic mass is 32.2. The van der Waals surface area contributed by atoms with E-state index < -0.39 is 23.5 Å². The molecule has 2 aliphatic rings. The summed E-state index contributed by atoms with van der Waals surface area (Å²) in [7, 11) is 0. The molecule has 45 heavy (non-hydrogen) atoms. The van der Waals surface area contributed by atoms with Gasteiger partial charge in [0.2, 0.25) is 18.2 Å². The van der Waals surface area contributed by atoms with Crippen molar-refractivity contribution in [3.05, 3.63) is 65.0 Å². The number of ether oxygens (including phenoxy) is 1. The van der Waals surface area contributed by atoms with Crippen molar-refractivity contribution in [3.63, 3.8) is 0 Å². The molecule has 2 aliphatic heterocycles. The van der Waals surface area contributed by atoms with Crippen molar-refractivity contribution in [2.24, 2.45) is 5.73 Å². The van der Waals surface area contributed by atoms with E-state index in [2.05, 4.69) is 24.5 Å². The first-order chi connectivity index (χ1) is 21.7. The van der Waals surface area contributed by atoms with Crippen molar-refractivity contribution in [2.75, 3.05) is 56.3 Å². The number of hydrogen-bond acceptors (Lipinski definition) is 7. The van der Waals surface area contributed by atoms with Gasteiger partial charge in [0.15, 0.2) is 11.6 Å². The normalized spacial score (nSPS) is 14.4. The number of nitrogens with two attached hydrogens (primary N) is 1. The van der Waals surface area contributed by atoms with E-state index >= 15 is 0 Å². The molecule has 0 unspecified atom stereocenters. The number of rotatable bonds is 10. The van der Waals surface area contributed by atoms with Crippen molar-refractivity contribution < 1.29 is 32.3 Å². The number of hydrogen-bond donors (Lipinski definition) is 3. The zero-order chi connectivity index (χ0) is 33.6. The lowest BCUT2D eigenvalue weighted by Gasteiger charge is -2.27. The van der Waals surface area contributed by atoms with Crippen LogP contribution in [-0.2, 0) is 32.1 Å². The summed E-state index contributed by atoms with van der Waals surface area (Å²) >= 11 is 1.66. The summed E-state index contributed by atoms with van der Waals surface area (Å²) in [6, 6.07) is 8.29. The van der Waals surface area contributed by atoms with Crippen molar-refractivity contribution in [2.45, 2.75) is 59.5 Å². The highest BCUT2D eigenvalue weighted by Crippen LogP contribution is 2.18. The summed E-state index contributed by atoms with van der Waals surface area (Å²) in [4.78, 5) is 37.5. The van der Waals surface area contributed by atoms with E-state index in [-0.39, 0.29) is 36.8 Å². The molecule has 4 rings (SSSR count). The number of nitrogens with zero attached hydrogens (tertiary/aromatic N) is 2. The van der Waals surface area contributed by atoms with Crippen LogP contribution < -0.4 is 16.4 Å². The van der Waals surface area contributed by atoms with E-state index in [0.717, 1.165) is 23.1 Å². The Balaban J connectivity index is 0.000000394. The molecule has 2 heterocycles. The van der Waals surface area contributed by atoms with Gasteiger partial charge in [0, 0.05) is 56.1 Å². The second-order valence-electron chi connectivity index (χ2n) is 9.97. The number of thioether (sulfide) groups is 1. The van der Waals surface area contributed by atoms with Gasteiger partial charge in [0.05, 0.1) is 25.6 Å². The van der Waals surface area contributed by atoms with E-state index in [9.17, 15) is 27.6 Å². The number of anilines is 1. The summed E-state index contributed by atoms with van der Waals surface area (Å²) in [6.45, 7) is 12.3. The van der Waals surface area contributed by atoms with E-state index in [1.54, 1.807) is 21.6 Å². The number of morpholine rings is 1. The number of benzene rings is 2. The maximum Gasteiger partial charge on any atom is 0.242 e. The largest absolute Gasteiger partial charge is 0.378 e. The molecule has 13 heteroatoms. The lowest BCUT2D eigenvalue weighted by atomic mass is 10.0. The van der Waals surface area contributed by atoms with Crippen LogP contribution in [0.1, 0.15) is 51.7 Å². The summed E-state index contributed by atoms with van der Waals surface area (Å²) in [5, 5.41) is 5.71. The standard InChI is InChI=1S/C14H19N3O3.C13H15F3N2OS.C3H8.C2H6/c18-11-15-9-12-1-3-13(4-2-12)16-10-14(19)17-5-7-20-8-6-17;14-10-6-12(16)11(15)4-8(10)3-9(17)5-13(19)18-1-2-20-7-18;1-3-2;1-2/h1-4,11,16H,5-10H2,(H,15,18);4,6,9H,1-3,5,7,17H2;3H2,1-2H3;1-2H3/t;9-;;/m.1../s1. The molecule has 2 saturated heterocycles. The molecule has 0 saturated carbocycles. The van der Waals surface area contributed by atoms with Gasteiger partial charge in [-0.05, 0) is 35.7 Å². The summed E-state index contributed by atoms with van der Waals surface area (Å²) in [5.41, 5.74) is 7.69. The Morgan fingerprint density at radius 3 is 2.18 bits per heavy atom. The van der Waals surface area contributed by atoms with Crippen LogP contribution in [0, 0.1) is 17.5 Å². The number of nitrogens with one attached hydrogen (secondary N) is 2. The quantitative estimate of drug-likeness (QED) is 0.254. The molecule has 0 aromatic heterocycles. The maximum atomic E-state index is 13.5. The van der Waals surface area contributed by atoms with Gasteiger partial charge in [-0.25, -0.2) is 13.2 Å². The molecule has 9 nitrogen and oxygen atoms in total. The SMILES string of the molecule is CC.CCC.N[C@@H](CC(=O)N1CCSC1)Cc1cc(F)c(F)cc1F.O=CNCc1ccc(NCC(=O)N2CCOCC2)cc1. The number of amides is 3. The van der Waals surface area contributed by atoms with Crippen molar-refractivity contribution in [1.82, 2.24) is 15.1 Å². The van der Waals surface area contributed by atoms with Crippen LogP contribution in [0.15, 0.2) is 36.4 Å². The maximum absolute atomic E-state index is 13.5. The Labute approximate surface area is 269 Å². The first kappa shape index (κ1) is 39.7. The first-order valence-corrected chi connectivity index (χ1v) is 16.4. The van der Waals surface area contributed by atoms with E-state index in [0.29, 0.717) is 57.7 Å². The highest BCUT2D eigenvalue weighted by Gasteiger charge is 2.22. The van der Waals surface area contributed by atoms with Crippen LogP contribution in [-0.4, -0.2) is 85.1 Å².